The molecule has 14 heteroatoms. The van der Waals surface area contributed by atoms with Crippen molar-refractivity contribution in [2.75, 3.05) is 26.2 Å². The van der Waals surface area contributed by atoms with Gasteiger partial charge in [-0.1, -0.05) is 59.7 Å². The van der Waals surface area contributed by atoms with E-state index in [9.17, 15) is 26.7 Å². The number of benzene rings is 1. The zero-order valence-electron chi connectivity index (χ0n) is 25.4. The number of carbonyl (C=O) groups excluding carboxylic acids is 1. The number of likely N-dealkylation sites (tertiary alicyclic amines) is 1. The number of hydrazine groups is 1. The highest BCUT2D eigenvalue weighted by molar-refractivity contribution is 7.16. The van der Waals surface area contributed by atoms with E-state index >= 15 is 0 Å². The predicted molar refractivity (Wildman–Crippen MR) is 175 cm³/mol. The maximum Gasteiger partial charge on any atom is 0.416 e. The van der Waals surface area contributed by atoms with Gasteiger partial charge < -0.3 is 0 Å². The van der Waals surface area contributed by atoms with Gasteiger partial charge in [-0.05, 0) is 50.1 Å². The highest BCUT2D eigenvalue weighted by Gasteiger charge is 2.39. The Bertz CT molecular complexity index is 1730. The van der Waals surface area contributed by atoms with Crippen molar-refractivity contribution in [2.24, 2.45) is 0 Å². The van der Waals surface area contributed by atoms with E-state index in [1.165, 1.54) is 29.0 Å². The van der Waals surface area contributed by atoms with E-state index in [0.29, 0.717) is 44.8 Å². The Morgan fingerprint density at radius 1 is 1.13 bits per heavy atom. The average molecular weight is 713 g/mol. The Hall–Kier alpha value is -3.21. The molecule has 2 aliphatic heterocycles. The summed E-state index contributed by atoms with van der Waals surface area (Å²) in [4.78, 5) is 16.7. The lowest BCUT2D eigenvalue weighted by atomic mass is 10.1. The summed E-state index contributed by atoms with van der Waals surface area (Å²) in [6.45, 7) is 2.42. The molecule has 5 rings (SSSR count). The van der Waals surface area contributed by atoms with Gasteiger partial charge in [-0.25, -0.2) is 18.5 Å². The number of nitrogens with one attached hydrogen (secondary N) is 1. The number of nitrogens with zero attached hydrogens (tertiary/aromatic N) is 4. The number of aromatic nitrogens is 2. The summed E-state index contributed by atoms with van der Waals surface area (Å²) >= 11 is 14.1. The number of allylic oxidation sites excluding steroid dienone is 4. The number of hydrogen-bond donors (Lipinski definition) is 1. The Kier molecular flexibility index (Phi) is 11.1. The quantitative estimate of drug-likeness (QED) is 0.144. The van der Waals surface area contributed by atoms with Gasteiger partial charge in [-0.3, -0.25) is 15.1 Å². The minimum Gasteiger partial charge on any atom is -0.293 e. The lowest BCUT2D eigenvalue weighted by Gasteiger charge is -2.26. The fraction of sp³-hybridized carbons (Fsp3) is 0.394. The summed E-state index contributed by atoms with van der Waals surface area (Å²) < 4.78 is 69.1. The van der Waals surface area contributed by atoms with Crippen LogP contribution in [-0.2, 0) is 6.54 Å². The van der Waals surface area contributed by atoms with Gasteiger partial charge in [0.15, 0.2) is 5.69 Å². The van der Waals surface area contributed by atoms with Crippen molar-refractivity contribution in [1.29, 1.82) is 0 Å². The first-order valence-electron chi connectivity index (χ1n) is 15.1. The molecule has 47 heavy (non-hydrogen) atoms. The van der Waals surface area contributed by atoms with Crippen LogP contribution in [0.4, 0.5) is 22.0 Å². The lowest BCUT2D eigenvalue weighted by molar-refractivity contribution is -0.0883. The van der Waals surface area contributed by atoms with E-state index in [1.807, 2.05) is 5.01 Å². The number of rotatable bonds is 8. The van der Waals surface area contributed by atoms with Crippen LogP contribution >= 0.6 is 34.5 Å². The summed E-state index contributed by atoms with van der Waals surface area (Å²) in [6.07, 6.45) is 1.63. The summed E-state index contributed by atoms with van der Waals surface area (Å²) in [5, 5.41) is 7.24. The third-order valence-corrected chi connectivity index (χ3v) is 9.33. The van der Waals surface area contributed by atoms with Crippen LogP contribution in [0.5, 0.6) is 0 Å². The Morgan fingerprint density at radius 2 is 1.89 bits per heavy atom. The van der Waals surface area contributed by atoms with E-state index in [4.69, 9.17) is 28.3 Å². The molecule has 0 unspecified atom stereocenters. The second-order valence-electron chi connectivity index (χ2n) is 11.3. The number of carbonyl (C=O) groups is 1. The summed E-state index contributed by atoms with van der Waals surface area (Å²) in [7, 11) is 0. The molecule has 0 atom stereocenters. The maximum absolute atomic E-state index is 14.3. The smallest absolute Gasteiger partial charge is 0.293 e. The highest BCUT2D eigenvalue weighted by Crippen LogP contribution is 2.38. The third kappa shape index (κ3) is 8.83. The van der Waals surface area contributed by atoms with Crippen LogP contribution in [0.1, 0.15) is 60.0 Å². The molecule has 2 fully saturated rings. The van der Waals surface area contributed by atoms with Gasteiger partial charge in [-0.2, -0.15) is 18.3 Å². The molecular formula is C33H32Cl2F5N5OS. The van der Waals surface area contributed by atoms with Gasteiger partial charge in [0.25, 0.3) is 11.8 Å². The molecule has 1 aromatic carbocycles. The molecule has 0 spiro atoms. The summed E-state index contributed by atoms with van der Waals surface area (Å²) in [5.74, 6) is 2.54. The van der Waals surface area contributed by atoms with E-state index < -0.39 is 30.1 Å². The molecule has 0 saturated carbocycles. The first-order chi connectivity index (χ1) is 22.3. The van der Waals surface area contributed by atoms with Crippen molar-refractivity contribution in [3.05, 3.63) is 80.3 Å². The third-order valence-electron chi connectivity index (χ3n) is 7.79. The molecule has 0 bridgehead atoms. The molecule has 2 saturated heterocycles. The van der Waals surface area contributed by atoms with E-state index in [0.717, 1.165) is 31.4 Å². The molecule has 0 aliphatic carbocycles. The van der Waals surface area contributed by atoms with Crippen LogP contribution in [0.3, 0.4) is 0 Å². The van der Waals surface area contributed by atoms with Crippen LogP contribution in [0.25, 0.3) is 16.3 Å². The fourth-order valence-corrected chi connectivity index (χ4v) is 6.93. The molecular weight excluding hydrogens is 680 g/mol. The Balaban J connectivity index is 1.55. The van der Waals surface area contributed by atoms with Crippen molar-refractivity contribution in [3.63, 3.8) is 0 Å². The van der Waals surface area contributed by atoms with Gasteiger partial charge >= 0.3 is 6.18 Å². The van der Waals surface area contributed by atoms with Crippen LogP contribution in [-0.4, -0.2) is 63.9 Å². The van der Waals surface area contributed by atoms with Crippen molar-refractivity contribution in [3.8, 4) is 28.1 Å². The SMILES string of the molecule is CC=C(C=CCC#Cc1ccc(-c2c(CN3CCC(F)(F)C3)c(C(=O)NN3CCCCC3)nn2-c2ccc(Cl)cc2Cl)s1)C(F)(F)F. The normalized spacial score (nSPS) is 17.7. The number of amides is 1. The largest absolute Gasteiger partial charge is 0.416 e. The first-order valence-corrected chi connectivity index (χ1v) is 16.6. The molecule has 6 nitrogen and oxygen atoms in total. The van der Waals surface area contributed by atoms with Crippen LogP contribution in [0.15, 0.2) is 54.1 Å². The molecule has 250 valence electrons. The molecule has 2 aliphatic rings. The standard InChI is InChI=1S/C33H32Cl2F5N5OS/c1-2-22(33(38,39)40)9-5-3-6-10-24-12-14-28(47-24)30-25(20-43-18-15-32(36,37)21-43)29(31(46)42-44-16-7-4-8-17-44)41-45(30)27-13-11-23(34)19-26(27)35/h2,5,9,11-14,19H,3-4,7-8,15-18,20-21H2,1H3,(H,42,46). The number of thiophene rings is 1. The number of halogens is 7. The zero-order valence-corrected chi connectivity index (χ0v) is 27.8. The minimum absolute atomic E-state index is 0.0368. The molecule has 2 aromatic heterocycles. The van der Waals surface area contributed by atoms with Gasteiger partial charge in [0.1, 0.15) is 0 Å². The van der Waals surface area contributed by atoms with Crippen molar-refractivity contribution >= 4 is 40.4 Å². The monoisotopic (exact) mass is 711 g/mol. The second-order valence-corrected chi connectivity index (χ2v) is 13.2. The molecule has 1 amide bonds. The second kappa shape index (κ2) is 14.9. The van der Waals surface area contributed by atoms with Crippen LogP contribution in [0, 0.1) is 11.8 Å². The van der Waals surface area contributed by atoms with Gasteiger partial charge in [0.2, 0.25) is 0 Å². The van der Waals surface area contributed by atoms with E-state index in [-0.39, 0.29) is 36.6 Å². The average Bonchev–Trinajstić information content (AvgIpc) is 3.71. The van der Waals surface area contributed by atoms with E-state index in [1.54, 1.807) is 35.2 Å². The molecule has 3 aromatic rings. The van der Waals surface area contributed by atoms with Crippen molar-refractivity contribution in [2.45, 2.75) is 57.7 Å². The fourth-order valence-electron chi connectivity index (χ4n) is 5.50. The minimum atomic E-state index is -4.44. The summed E-state index contributed by atoms with van der Waals surface area (Å²) in [5.41, 5.74) is 3.67. The highest BCUT2D eigenvalue weighted by atomic mass is 35.5. The maximum atomic E-state index is 14.3. The van der Waals surface area contributed by atoms with Crippen molar-refractivity contribution in [1.82, 2.24) is 25.1 Å². The molecule has 1 N–H and O–H groups in total. The number of piperidine rings is 1. The Morgan fingerprint density at radius 3 is 2.55 bits per heavy atom. The van der Waals surface area contributed by atoms with Gasteiger partial charge in [-0.15, -0.1) is 11.3 Å². The van der Waals surface area contributed by atoms with E-state index in [2.05, 4.69) is 17.3 Å². The lowest BCUT2D eigenvalue weighted by Crippen LogP contribution is -2.45. The van der Waals surface area contributed by atoms with Crippen molar-refractivity contribution < 1.29 is 26.7 Å². The molecule has 4 heterocycles. The summed E-state index contributed by atoms with van der Waals surface area (Å²) in [6, 6.07) is 8.40. The number of hydrogen-bond acceptors (Lipinski definition) is 5. The zero-order chi connectivity index (χ0) is 33.8. The Labute approximate surface area is 283 Å². The van der Waals surface area contributed by atoms with Crippen LogP contribution in [0.2, 0.25) is 10.0 Å². The predicted octanol–water partition coefficient (Wildman–Crippen LogP) is 8.69. The number of alkyl halides is 5. The molecule has 0 radical (unpaired) electrons. The van der Waals surface area contributed by atoms with Gasteiger partial charge in [0, 0.05) is 49.6 Å². The topological polar surface area (TPSA) is 53.4 Å². The van der Waals surface area contributed by atoms with Crippen LogP contribution < -0.4 is 5.43 Å². The first kappa shape index (κ1) is 35.1. The van der Waals surface area contributed by atoms with Gasteiger partial charge in [0.05, 0.1) is 38.3 Å².